The van der Waals surface area contributed by atoms with E-state index in [1.54, 1.807) is 6.07 Å². The lowest BCUT2D eigenvalue weighted by Crippen LogP contribution is -2.09. The molecule has 94 valence electrons. The van der Waals surface area contributed by atoms with E-state index in [1.807, 2.05) is 13.8 Å². The van der Waals surface area contributed by atoms with Crippen molar-refractivity contribution >= 4 is 27.3 Å². The average molecular weight is 303 g/mol. The van der Waals surface area contributed by atoms with Crippen LogP contribution in [0.5, 0.6) is 5.75 Å². The van der Waals surface area contributed by atoms with Crippen LogP contribution in [-0.2, 0) is 0 Å². The van der Waals surface area contributed by atoms with Gasteiger partial charge in [-0.25, -0.2) is 4.39 Å². The topological polar surface area (TPSA) is 47.3 Å². The van der Waals surface area contributed by atoms with Crippen LogP contribution in [0.15, 0.2) is 23.2 Å². The summed E-state index contributed by atoms with van der Waals surface area (Å²) in [5.41, 5.74) is 6.67. The minimum atomic E-state index is -0.459. The van der Waals surface area contributed by atoms with Gasteiger partial charge in [0.1, 0.15) is 0 Å². The number of ether oxygens (including phenoxy) is 1. The van der Waals surface area contributed by atoms with E-state index >= 15 is 0 Å². The first-order valence-corrected chi connectivity index (χ1v) is 6.02. The predicted octanol–water partition coefficient (Wildman–Crippen LogP) is 3.52. The molecule has 5 heteroatoms. The van der Waals surface area contributed by atoms with Crippen molar-refractivity contribution in [2.24, 2.45) is 0 Å². The summed E-state index contributed by atoms with van der Waals surface area (Å²) in [4.78, 5) is 0. The molecule has 17 heavy (non-hydrogen) atoms. The van der Waals surface area contributed by atoms with Crippen LogP contribution in [0.1, 0.15) is 13.8 Å². The molecule has 0 saturated heterocycles. The molecule has 0 bridgehead atoms. The fourth-order valence-electron chi connectivity index (χ4n) is 1.26. The quantitative estimate of drug-likeness (QED) is 0.818. The second kappa shape index (κ2) is 5.91. The lowest BCUT2D eigenvalue weighted by Gasteiger charge is -2.14. The van der Waals surface area contributed by atoms with Gasteiger partial charge in [-0.05, 0) is 13.8 Å². The Morgan fingerprint density at radius 3 is 2.76 bits per heavy atom. The number of nitrogens with two attached hydrogens (primary N) is 1. The molecule has 0 amide bonds. The standard InChI is InChI=1S/C12H16BrFN2O/c1-7(2)17-12-5-11(16-6-8(3)13)10(15)4-9(12)14/h4-5,7,16H,3,6,15H2,1-2H3. The number of halogens is 2. The lowest BCUT2D eigenvalue weighted by atomic mass is 10.2. The molecule has 0 saturated carbocycles. The summed E-state index contributed by atoms with van der Waals surface area (Å²) in [6.45, 7) is 7.88. The van der Waals surface area contributed by atoms with Gasteiger partial charge in [0.15, 0.2) is 11.6 Å². The summed E-state index contributed by atoms with van der Waals surface area (Å²) >= 11 is 3.23. The van der Waals surface area contributed by atoms with Gasteiger partial charge >= 0.3 is 0 Å². The number of nitrogen functional groups attached to an aromatic ring is 1. The average Bonchev–Trinajstić information content (AvgIpc) is 2.19. The SMILES string of the molecule is C=C(Br)CNc1cc(OC(C)C)c(F)cc1N. The van der Waals surface area contributed by atoms with E-state index in [2.05, 4.69) is 27.8 Å². The summed E-state index contributed by atoms with van der Waals surface area (Å²) in [6.07, 6.45) is -0.0906. The fraction of sp³-hybridized carbons (Fsp3) is 0.333. The Bertz CT molecular complexity index is 421. The third-order valence-electron chi connectivity index (χ3n) is 1.94. The van der Waals surface area contributed by atoms with Crippen molar-refractivity contribution in [3.63, 3.8) is 0 Å². The van der Waals surface area contributed by atoms with E-state index in [4.69, 9.17) is 10.5 Å². The molecule has 0 spiro atoms. The highest BCUT2D eigenvalue weighted by molar-refractivity contribution is 9.11. The Hall–Kier alpha value is -1.23. The Morgan fingerprint density at radius 1 is 1.59 bits per heavy atom. The minimum Gasteiger partial charge on any atom is -0.488 e. The molecular weight excluding hydrogens is 287 g/mol. The van der Waals surface area contributed by atoms with Crippen molar-refractivity contribution in [2.45, 2.75) is 20.0 Å². The largest absolute Gasteiger partial charge is 0.488 e. The van der Waals surface area contributed by atoms with Gasteiger partial charge in [0.05, 0.1) is 17.5 Å². The molecule has 1 aromatic carbocycles. The summed E-state index contributed by atoms with van der Waals surface area (Å²) in [6, 6.07) is 2.80. The zero-order valence-electron chi connectivity index (χ0n) is 9.89. The number of rotatable bonds is 5. The van der Waals surface area contributed by atoms with Gasteiger partial charge in [-0.1, -0.05) is 22.5 Å². The monoisotopic (exact) mass is 302 g/mol. The first kappa shape index (κ1) is 13.8. The normalized spacial score (nSPS) is 10.4. The van der Waals surface area contributed by atoms with Crippen LogP contribution in [0.4, 0.5) is 15.8 Å². The minimum absolute atomic E-state index is 0.0906. The van der Waals surface area contributed by atoms with E-state index in [-0.39, 0.29) is 11.9 Å². The Balaban J connectivity index is 2.93. The molecule has 0 aliphatic carbocycles. The van der Waals surface area contributed by atoms with Gasteiger partial charge in [-0.3, -0.25) is 0 Å². The molecule has 3 N–H and O–H groups in total. The Morgan fingerprint density at radius 2 is 2.24 bits per heavy atom. The second-order valence-corrected chi connectivity index (χ2v) is 5.03. The number of hydrogen-bond acceptors (Lipinski definition) is 3. The Kier molecular flexibility index (Phi) is 4.81. The summed E-state index contributed by atoms with van der Waals surface area (Å²) in [7, 11) is 0. The van der Waals surface area contributed by atoms with Gasteiger partial charge in [-0.15, -0.1) is 0 Å². The first-order valence-electron chi connectivity index (χ1n) is 5.23. The molecule has 0 heterocycles. The van der Waals surface area contributed by atoms with Crippen LogP contribution >= 0.6 is 15.9 Å². The number of anilines is 2. The molecule has 3 nitrogen and oxygen atoms in total. The van der Waals surface area contributed by atoms with Gasteiger partial charge in [0, 0.05) is 23.2 Å². The molecule has 0 atom stereocenters. The molecule has 0 radical (unpaired) electrons. The van der Waals surface area contributed by atoms with Crippen molar-refractivity contribution in [1.82, 2.24) is 0 Å². The van der Waals surface area contributed by atoms with E-state index < -0.39 is 5.82 Å². The number of hydrogen-bond donors (Lipinski definition) is 2. The van der Waals surface area contributed by atoms with E-state index in [0.717, 1.165) is 4.48 Å². The highest BCUT2D eigenvalue weighted by Gasteiger charge is 2.10. The summed E-state index contributed by atoms with van der Waals surface area (Å²) in [5.74, 6) is -0.267. The van der Waals surface area contributed by atoms with Gasteiger partial charge in [0.25, 0.3) is 0 Å². The summed E-state index contributed by atoms with van der Waals surface area (Å²) in [5, 5.41) is 3.04. The highest BCUT2D eigenvalue weighted by Crippen LogP contribution is 2.29. The number of benzene rings is 1. The molecule has 1 rings (SSSR count). The molecule has 0 unspecified atom stereocenters. The second-order valence-electron chi connectivity index (χ2n) is 3.91. The smallest absolute Gasteiger partial charge is 0.167 e. The van der Waals surface area contributed by atoms with E-state index in [9.17, 15) is 4.39 Å². The summed E-state index contributed by atoms with van der Waals surface area (Å²) < 4.78 is 19.7. The van der Waals surface area contributed by atoms with E-state index in [0.29, 0.717) is 17.9 Å². The number of nitrogens with one attached hydrogen (secondary N) is 1. The first-order chi connectivity index (χ1) is 7.90. The van der Waals surface area contributed by atoms with Crippen molar-refractivity contribution in [1.29, 1.82) is 0 Å². The van der Waals surface area contributed by atoms with Gasteiger partial charge in [-0.2, -0.15) is 0 Å². The van der Waals surface area contributed by atoms with Crippen molar-refractivity contribution in [2.75, 3.05) is 17.6 Å². The molecular formula is C12H16BrFN2O. The van der Waals surface area contributed by atoms with Crippen LogP contribution in [0.25, 0.3) is 0 Å². The fourth-order valence-corrected chi connectivity index (χ4v) is 1.40. The van der Waals surface area contributed by atoms with Crippen molar-refractivity contribution < 1.29 is 9.13 Å². The molecule has 0 fully saturated rings. The van der Waals surface area contributed by atoms with E-state index in [1.165, 1.54) is 6.07 Å². The zero-order valence-corrected chi connectivity index (χ0v) is 11.5. The van der Waals surface area contributed by atoms with Gasteiger partial charge < -0.3 is 15.8 Å². The maximum absolute atomic E-state index is 13.5. The molecule has 0 aliphatic rings. The lowest BCUT2D eigenvalue weighted by molar-refractivity contribution is 0.231. The maximum Gasteiger partial charge on any atom is 0.167 e. The van der Waals surface area contributed by atoms with Crippen LogP contribution in [-0.4, -0.2) is 12.6 Å². The highest BCUT2D eigenvalue weighted by atomic mass is 79.9. The van der Waals surface area contributed by atoms with Crippen LogP contribution in [0.2, 0.25) is 0 Å². The van der Waals surface area contributed by atoms with Crippen LogP contribution in [0.3, 0.4) is 0 Å². The third-order valence-corrected chi connectivity index (χ3v) is 2.22. The Labute approximate surface area is 109 Å². The van der Waals surface area contributed by atoms with Crippen molar-refractivity contribution in [3.8, 4) is 5.75 Å². The zero-order chi connectivity index (χ0) is 13.0. The van der Waals surface area contributed by atoms with Gasteiger partial charge in [0.2, 0.25) is 0 Å². The van der Waals surface area contributed by atoms with Crippen LogP contribution in [0, 0.1) is 5.82 Å². The predicted molar refractivity (Wildman–Crippen MR) is 73.1 cm³/mol. The molecule has 1 aromatic rings. The van der Waals surface area contributed by atoms with Crippen molar-refractivity contribution in [3.05, 3.63) is 29.0 Å². The van der Waals surface area contributed by atoms with Crippen LogP contribution < -0.4 is 15.8 Å². The molecule has 0 aromatic heterocycles. The third kappa shape index (κ3) is 4.26. The molecule has 0 aliphatic heterocycles. The maximum atomic E-state index is 13.5.